The summed E-state index contributed by atoms with van der Waals surface area (Å²) < 4.78 is 5.27. The normalized spacial score (nSPS) is 13.0. The molecule has 1 aromatic rings. The molecule has 0 aliphatic rings. The highest BCUT2D eigenvalue weighted by Crippen LogP contribution is 2.14. The lowest BCUT2D eigenvalue weighted by molar-refractivity contribution is -0.122. The molecule has 26 heavy (non-hydrogen) atoms. The number of rotatable bonds is 13. The van der Waals surface area contributed by atoms with Gasteiger partial charge in [0.05, 0.1) is 6.04 Å². The minimum absolute atomic E-state index is 0.104. The van der Waals surface area contributed by atoms with Gasteiger partial charge in [-0.25, -0.2) is 4.79 Å². The number of nitrogens with one attached hydrogen (secondary N) is 1. The molecule has 1 aromatic carbocycles. The van der Waals surface area contributed by atoms with Crippen molar-refractivity contribution in [3.05, 3.63) is 35.9 Å². The average Bonchev–Trinajstić information content (AvgIpc) is 2.67. The van der Waals surface area contributed by atoms with Crippen LogP contribution in [0.5, 0.6) is 0 Å². The summed E-state index contributed by atoms with van der Waals surface area (Å²) in [4.78, 5) is 24.7. The van der Waals surface area contributed by atoms with E-state index in [1.54, 1.807) is 0 Å². The molecule has 0 bridgehead atoms. The van der Waals surface area contributed by atoms with Crippen molar-refractivity contribution in [2.75, 3.05) is 0 Å². The summed E-state index contributed by atoms with van der Waals surface area (Å²) in [5.74, 6) is 0.221. The van der Waals surface area contributed by atoms with Crippen molar-refractivity contribution in [2.45, 2.75) is 84.8 Å². The molecule has 0 saturated heterocycles. The molecule has 4 nitrogen and oxygen atoms in total. The smallest absolute Gasteiger partial charge is 0.408 e. The van der Waals surface area contributed by atoms with Gasteiger partial charge in [-0.05, 0) is 17.9 Å². The minimum atomic E-state index is -0.518. The number of Topliss-reactive ketones (excluding diaryl/α,β-unsaturated/α-hetero) is 1. The van der Waals surface area contributed by atoms with Gasteiger partial charge in [0.15, 0.2) is 5.78 Å². The predicted molar refractivity (Wildman–Crippen MR) is 106 cm³/mol. The third kappa shape index (κ3) is 9.02. The van der Waals surface area contributed by atoms with Crippen LogP contribution in [0, 0.1) is 5.92 Å². The second kappa shape index (κ2) is 13.4. The predicted octanol–water partition coefficient (Wildman–Crippen LogP) is 5.65. The maximum Gasteiger partial charge on any atom is 0.408 e. The average molecular weight is 362 g/mol. The summed E-state index contributed by atoms with van der Waals surface area (Å²) in [6, 6.07) is 9.08. The topological polar surface area (TPSA) is 55.4 Å². The molecular formula is C22H35NO3. The van der Waals surface area contributed by atoms with Gasteiger partial charge in [-0.3, -0.25) is 4.79 Å². The summed E-state index contributed by atoms with van der Waals surface area (Å²) in [7, 11) is 0. The molecule has 0 radical (unpaired) electrons. The lowest BCUT2D eigenvalue weighted by Gasteiger charge is -2.23. The Morgan fingerprint density at radius 3 is 2.31 bits per heavy atom. The maximum atomic E-state index is 12.6. The Morgan fingerprint density at radius 2 is 1.65 bits per heavy atom. The highest BCUT2D eigenvalue weighted by Gasteiger charge is 2.25. The number of alkyl carbamates (subject to hydrolysis) is 1. The number of hydrogen-bond acceptors (Lipinski definition) is 3. The van der Waals surface area contributed by atoms with Gasteiger partial charge in [0, 0.05) is 6.42 Å². The monoisotopic (exact) mass is 361 g/mol. The Morgan fingerprint density at radius 1 is 1.00 bits per heavy atom. The fourth-order valence-electron chi connectivity index (χ4n) is 2.90. The molecule has 1 amide bonds. The van der Waals surface area contributed by atoms with Crippen molar-refractivity contribution in [1.82, 2.24) is 5.32 Å². The SMILES string of the molecule is CCCCCCCCC(=O)[C@@H](NC(=O)OCc1ccccc1)C(C)CC. The van der Waals surface area contributed by atoms with E-state index in [-0.39, 0.29) is 18.3 Å². The van der Waals surface area contributed by atoms with Crippen LogP contribution in [0.4, 0.5) is 4.79 Å². The minimum Gasteiger partial charge on any atom is -0.445 e. The molecule has 0 aliphatic heterocycles. The molecule has 4 heteroatoms. The number of ether oxygens (including phenoxy) is 1. The summed E-state index contributed by atoms with van der Waals surface area (Å²) in [5, 5.41) is 2.79. The van der Waals surface area contributed by atoms with Crippen LogP contribution in [0.25, 0.3) is 0 Å². The summed E-state index contributed by atoms with van der Waals surface area (Å²) in [6.07, 6.45) is 7.74. The van der Waals surface area contributed by atoms with Crippen molar-refractivity contribution < 1.29 is 14.3 Å². The van der Waals surface area contributed by atoms with E-state index in [2.05, 4.69) is 12.2 Å². The second-order valence-corrected chi connectivity index (χ2v) is 7.05. The van der Waals surface area contributed by atoms with E-state index in [1.165, 1.54) is 25.7 Å². The van der Waals surface area contributed by atoms with E-state index in [9.17, 15) is 9.59 Å². The number of hydrogen-bond donors (Lipinski definition) is 1. The van der Waals surface area contributed by atoms with Crippen LogP contribution < -0.4 is 5.32 Å². The summed E-state index contributed by atoms with van der Waals surface area (Å²) >= 11 is 0. The Bertz CT molecular complexity index is 515. The van der Waals surface area contributed by atoms with Crippen molar-refractivity contribution in [1.29, 1.82) is 0 Å². The van der Waals surface area contributed by atoms with Crippen molar-refractivity contribution >= 4 is 11.9 Å². The van der Waals surface area contributed by atoms with Crippen LogP contribution in [-0.2, 0) is 16.1 Å². The molecule has 1 N–H and O–H groups in total. The van der Waals surface area contributed by atoms with E-state index in [0.717, 1.165) is 24.8 Å². The number of ketones is 1. The Balaban J connectivity index is 2.41. The number of unbranched alkanes of at least 4 members (excludes halogenated alkanes) is 5. The molecule has 146 valence electrons. The first-order valence-corrected chi connectivity index (χ1v) is 10.1. The molecule has 1 unspecified atom stereocenters. The van der Waals surface area contributed by atoms with Crippen LogP contribution in [0.2, 0.25) is 0 Å². The van der Waals surface area contributed by atoms with Gasteiger partial charge in [0.2, 0.25) is 0 Å². The highest BCUT2D eigenvalue weighted by atomic mass is 16.5. The lowest BCUT2D eigenvalue weighted by Crippen LogP contribution is -2.45. The molecule has 0 saturated carbocycles. The first-order valence-electron chi connectivity index (χ1n) is 10.1. The quantitative estimate of drug-likeness (QED) is 0.462. The molecule has 0 fully saturated rings. The summed E-state index contributed by atoms with van der Waals surface area (Å²) in [6.45, 7) is 6.45. The molecule has 0 heterocycles. The van der Waals surface area contributed by atoms with E-state index < -0.39 is 12.1 Å². The molecule has 1 rings (SSSR count). The zero-order valence-corrected chi connectivity index (χ0v) is 16.6. The summed E-state index contributed by atoms with van der Waals surface area (Å²) in [5.41, 5.74) is 0.932. The number of carbonyl (C=O) groups is 2. The van der Waals surface area contributed by atoms with Gasteiger partial charge in [-0.15, -0.1) is 0 Å². The zero-order valence-electron chi connectivity index (χ0n) is 16.6. The first-order chi connectivity index (χ1) is 12.6. The van der Waals surface area contributed by atoms with Crippen LogP contribution in [0.15, 0.2) is 30.3 Å². The van der Waals surface area contributed by atoms with Crippen molar-refractivity contribution in [3.8, 4) is 0 Å². The van der Waals surface area contributed by atoms with Crippen molar-refractivity contribution in [2.24, 2.45) is 5.92 Å². The number of amides is 1. The lowest BCUT2D eigenvalue weighted by atomic mass is 9.92. The fourth-order valence-corrected chi connectivity index (χ4v) is 2.90. The van der Waals surface area contributed by atoms with Crippen LogP contribution >= 0.6 is 0 Å². The molecule has 2 atom stereocenters. The van der Waals surface area contributed by atoms with Crippen LogP contribution in [-0.4, -0.2) is 17.9 Å². The van der Waals surface area contributed by atoms with Crippen molar-refractivity contribution in [3.63, 3.8) is 0 Å². The fraction of sp³-hybridized carbons (Fsp3) is 0.636. The Hall–Kier alpha value is -1.84. The van der Waals surface area contributed by atoms with Gasteiger partial charge < -0.3 is 10.1 Å². The van der Waals surface area contributed by atoms with Gasteiger partial charge in [-0.1, -0.05) is 89.6 Å². The Kier molecular flexibility index (Phi) is 11.4. The maximum absolute atomic E-state index is 12.6. The third-order valence-corrected chi connectivity index (χ3v) is 4.82. The Labute approximate surface area is 158 Å². The van der Waals surface area contributed by atoms with Gasteiger partial charge in [0.25, 0.3) is 0 Å². The van der Waals surface area contributed by atoms with E-state index in [1.807, 2.05) is 44.2 Å². The number of carbonyl (C=O) groups excluding carboxylic acids is 2. The van der Waals surface area contributed by atoms with E-state index in [4.69, 9.17) is 4.74 Å². The van der Waals surface area contributed by atoms with Crippen LogP contribution in [0.1, 0.15) is 77.7 Å². The van der Waals surface area contributed by atoms with E-state index >= 15 is 0 Å². The van der Waals surface area contributed by atoms with E-state index in [0.29, 0.717) is 6.42 Å². The van der Waals surface area contributed by atoms with Gasteiger partial charge in [-0.2, -0.15) is 0 Å². The molecular weight excluding hydrogens is 326 g/mol. The molecule has 0 aromatic heterocycles. The van der Waals surface area contributed by atoms with Gasteiger partial charge in [0.1, 0.15) is 6.61 Å². The molecule has 0 aliphatic carbocycles. The van der Waals surface area contributed by atoms with Gasteiger partial charge >= 0.3 is 6.09 Å². The second-order valence-electron chi connectivity index (χ2n) is 7.05. The molecule has 0 spiro atoms. The first kappa shape index (κ1) is 22.2. The standard InChI is InChI=1S/C22H35NO3/c1-4-6-7-8-9-13-16-20(24)21(18(3)5-2)23-22(25)26-17-19-14-11-10-12-15-19/h10-12,14-15,18,21H,4-9,13,16-17H2,1-3H3,(H,23,25)/t18?,21-/m0/s1. The highest BCUT2D eigenvalue weighted by molar-refractivity contribution is 5.87. The zero-order chi connectivity index (χ0) is 19.2. The third-order valence-electron chi connectivity index (χ3n) is 4.82. The largest absolute Gasteiger partial charge is 0.445 e. The van der Waals surface area contributed by atoms with Crippen LogP contribution in [0.3, 0.4) is 0 Å². The number of benzene rings is 1.